The molecule has 1 aromatic heterocycles. The summed E-state index contributed by atoms with van der Waals surface area (Å²) in [6.07, 6.45) is 1.87. The highest BCUT2D eigenvalue weighted by atomic mass is 16.2. The lowest BCUT2D eigenvalue weighted by Gasteiger charge is -2.24. The Balaban J connectivity index is 1.22. The Hall–Kier alpha value is -5.80. The predicted octanol–water partition coefficient (Wildman–Crippen LogP) is 5.79. The number of imidazole rings is 1. The van der Waals surface area contributed by atoms with E-state index in [4.69, 9.17) is 27.3 Å². The zero-order valence-electron chi connectivity index (χ0n) is 27.0. The van der Waals surface area contributed by atoms with Crippen LogP contribution in [0.25, 0.3) is 21.8 Å². The fraction of sp³-hybridized carbons (Fsp3) is 0.179. The van der Waals surface area contributed by atoms with E-state index in [9.17, 15) is 4.79 Å². The topological polar surface area (TPSA) is 150 Å². The average molecular weight is 637 g/mol. The second-order valence-electron chi connectivity index (χ2n) is 12.0. The summed E-state index contributed by atoms with van der Waals surface area (Å²) in [7, 11) is 2.03. The number of aromatic nitrogens is 2. The van der Waals surface area contributed by atoms with E-state index >= 15 is 0 Å². The zero-order chi connectivity index (χ0) is 33.6. The van der Waals surface area contributed by atoms with Gasteiger partial charge in [0.2, 0.25) is 5.91 Å². The Labute approximate surface area is 280 Å². The third-order valence-corrected chi connectivity index (χ3v) is 8.76. The van der Waals surface area contributed by atoms with E-state index < -0.39 is 0 Å². The Morgan fingerprint density at radius 1 is 0.812 bits per heavy atom. The van der Waals surface area contributed by atoms with Crippen LogP contribution in [-0.2, 0) is 37.8 Å². The zero-order valence-corrected chi connectivity index (χ0v) is 27.0. The van der Waals surface area contributed by atoms with E-state index in [0.717, 1.165) is 62.8 Å². The molecule has 48 heavy (non-hydrogen) atoms. The smallest absolute Gasteiger partial charge is 0.228 e. The van der Waals surface area contributed by atoms with Crippen molar-refractivity contribution in [1.82, 2.24) is 14.9 Å². The Bertz CT molecular complexity index is 2110. The quantitative estimate of drug-likeness (QED) is 0.0618. The van der Waals surface area contributed by atoms with Crippen LogP contribution < -0.4 is 21.7 Å². The number of aryl methyl sites for hydroxylation is 3. The lowest BCUT2D eigenvalue weighted by molar-refractivity contribution is -0.118. The van der Waals surface area contributed by atoms with Gasteiger partial charge in [-0.05, 0) is 58.1 Å². The highest BCUT2D eigenvalue weighted by molar-refractivity contribution is 5.97. The minimum absolute atomic E-state index is 0.0115. The molecule has 9 heteroatoms. The van der Waals surface area contributed by atoms with E-state index in [2.05, 4.69) is 34.1 Å². The molecule has 242 valence electrons. The van der Waals surface area contributed by atoms with Crippen LogP contribution in [0.3, 0.4) is 0 Å². The maximum atomic E-state index is 14.0. The maximum absolute atomic E-state index is 14.0. The van der Waals surface area contributed by atoms with E-state index in [1.807, 2.05) is 96.9 Å². The van der Waals surface area contributed by atoms with Gasteiger partial charge >= 0.3 is 0 Å². The molecular formula is C39H40N8O. The van der Waals surface area contributed by atoms with Gasteiger partial charge in [-0.25, -0.2) is 4.98 Å². The standard InChI is InChI=1S/C39H40N8O/c1-46-35-18-17-32(23-34(35)45-36(46)19-14-26-12-15-29(16-13-26)38(40)41)47(25-31-10-5-8-28-7-2-3-11-33(28)31)37(48)20-21-44-24-27-6-4-9-30(22-27)39(42)43/h2-13,15-18,22-23,44H,14,19-21,24-25H2,1H3,(H3,40,41)(H3,42,43). The summed E-state index contributed by atoms with van der Waals surface area (Å²) < 4.78 is 2.12. The van der Waals surface area contributed by atoms with Crippen molar-refractivity contribution >= 4 is 45.1 Å². The number of fused-ring (bicyclic) bond motifs is 2. The number of hydrogen-bond acceptors (Lipinski definition) is 5. The van der Waals surface area contributed by atoms with E-state index in [1.54, 1.807) is 0 Å². The lowest BCUT2D eigenvalue weighted by Crippen LogP contribution is -2.33. The third-order valence-electron chi connectivity index (χ3n) is 8.76. The van der Waals surface area contributed by atoms with Crippen LogP contribution in [-0.4, -0.2) is 33.7 Å². The van der Waals surface area contributed by atoms with Gasteiger partial charge in [-0.3, -0.25) is 15.6 Å². The molecule has 0 fully saturated rings. The minimum atomic E-state index is 0.0115. The summed E-state index contributed by atoms with van der Waals surface area (Å²) >= 11 is 0. The molecule has 1 heterocycles. The van der Waals surface area contributed by atoms with Crippen molar-refractivity contribution < 1.29 is 4.79 Å². The average Bonchev–Trinajstić information content (AvgIpc) is 3.42. The number of nitrogens with two attached hydrogens (primary N) is 2. The number of amidine groups is 2. The van der Waals surface area contributed by atoms with Gasteiger partial charge in [0.05, 0.1) is 17.6 Å². The molecule has 1 amide bonds. The number of carbonyl (C=O) groups is 1. The number of nitrogens with zero attached hydrogens (tertiary/aromatic N) is 3. The number of amides is 1. The van der Waals surface area contributed by atoms with Crippen LogP contribution >= 0.6 is 0 Å². The van der Waals surface area contributed by atoms with Crippen molar-refractivity contribution in [2.75, 3.05) is 11.4 Å². The van der Waals surface area contributed by atoms with Gasteiger partial charge in [-0.15, -0.1) is 0 Å². The fourth-order valence-corrected chi connectivity index (χ4v) is 6.07. The van der Waals surface area contributed by atoms with Gasteiger partial charge in [0.15, 0.2) is 0 Å². The van der Waals surface area contributed by atoms with Crippen molar-refractivity contribution in [2.45, 2.75) is 32.4 Å². The number of rotatable bonds is 13. The summed E-state index contributed by atoms with van der Waals surface area (Å²) in [5.74, 6) is 1.07. The predicted molar refractivity (Wildman–Crippen MR) is 194 cm³/mol. The molecular weight excluding hydrogens is 596 g/mol. The first-order chi connectivity index (χ1) is 23.3. The molecule has 0 unspecified atom stereocenters. The second kappa shape index (κ2) is 14.3. The number of hydrogen-bond donors (Lipinski definition) is 5. The SMILES string of the molecule is Cn1c(CCc2ccc(C(=N)N)cc2)nc2cc(N(Cc3cccc4ccccc34)C(=O)CCNCc3cccc(C(=N)N)c3)ccc21. The van der Waals surface area contributed by atoms with Gasteiger partial charge in [0.25, 0.3) is 0 Å². The van der Waals surface area contributed by atoms with Gasteiger partial charge in [0.1, 0.15) is 17.5 Å². The number of anilines is 1. The van der Waals surface area contributed by atoms with Crippen LogP contribution in [0, 0.1) is 10.8 Å². The van der Waals surface area contributed by atoms with Crippen molar-refractivity contribution in [3.8, 4) is 0 Å². The van der Waals surface area contributed by atoms with Gasteiger partial charge in [0, 0.05) is 49.8 Å². The molecule has 0 spiro atoms. The minimum Gasteiger partial charge on any atom is -0.384 e. The van der Waals surface area contributed by atoms with Crippen LogP contribution in [0.5, 0.6) is 0 Å². The lowest BCUT2D eigenvalue weighted by atomic mass is 10.0. The first-order valence-electron chi connectivity index (χ1n) is 16.1. The van der Waals surface area contributed by atoms with E-state index in [0.29, 0.717) is 37.2 Å². The number of benzene rings is 5. The summed E-state index contributed by atoms with van der Waals surface area (Å²) in [6, 6.07) is 35.9. The Morgan fingerprint density at radius 3 is 2.35 bits per heavy atom. The first-order valence-corrected chi connectivity index (χ1v) is 16.1. The number of nitrogens with one attached hydrogen (secondary N) is 3. The Morgan fingerprint density at radius 2 is 1.56 bits per heavy atom. The molecule has 5 aromatic carbocycles. The highest BCUT2D eigenvalue weighted by Crippen LogP contribution is 2.27. The second-order valence-corrected chi connectivity index (χ2v) is 12.0. The van der Waals surface area contributed by atoms with Crippen LogP contribution in [0.15, 0.2) is 109 Å². The monoisotopic (exact) mass is 636 g/mol. The Kier molecular flexibility index (Phi) is 9.59. The molecule has 6 aromatic rings. The van der Waals surface area contributed by atoms with Crippen molar-refractivity contribution in [2.24, 2.45) is 18.5 Å². The first kappa shape index (κ1) is 32.2. The normalized spacial score (nSPS) is 11.2. The van der Waals surface area contributed by atoms with Crippen LogP contribution in [0.1, 0.15) is 40.1 Å². The number of carbonyl (C=O) groups excluding carboxylic acids is 1. The van der Waals surface area contributed by atoms with Gasteiger partial charge in [-0.1, -0.05) is 84.9 Å². The molecule has 0 radical (unpaired) electrons. The molecule has 0 bridgehead atoms. The highest BCUT2D eigenvalue weighted by Gasteiger charge is 2.19. The molecule has 0 aliphatic rings. The molecule has 0 aliphatic carbocycles. The molecule has 0 saturated heterocycles. The summed E-state index contributed by atoms with van der Waals surface area (Å²) in [4.78, 5) is 20.8. The van der Waals surface area contributed by atoms with Crippen LogP contribution in [0.2, 0.25) is 0 Å². The summed E-state index contributed by atoms with van der Waals surface area (Å²) in [6.45, 7) is 1.50. The van der Waals surface area contributed by atoms with Crippen molar-refractivity contribution in [3.05, 3.63) is 143 Å². The number of nitrogen functional groups attached to an aromatic ring is 2. The fourth-order valence-electron chi connectivity index (χ4n) is 6.07. The molecule has 0 atom stereocenters. The van der Waals surface area contributed by atoms with Crippen molar-refractivity contribution in [1.29, 1.82) is 10.8 Å². The molecule has 9 nitrogen and oxygen atoms in total. The molecule has 6 rings (SSSR count). The molecule has 0 saturated carbocycles. The van der Waals surface area contributed by atoms with Gasteiger partial charge in [-0.2, -0.15) is 0 Å². The molecule has 0 aliphatic heterocycles. The third kappa shape index (κ3) is 7.27. The summed E-state index contributed by atoms with van der Waals surface area (Å²) in [5, 5.41) is 21.0. The van der Waals surface area contributed by atoms with E-state index in [1.165, 1.54) is 0 Å². The van der Waals surface area contributed by atoms with Crippen molar-refractivity contribution in [3.63, 3.8) is 0 Å². The largest absolute Gasteiger partial charge is 0.384 e. The maximum Gasteiger partial charge on any atom is 0.228 e. The van der Waals surface area contributed by atoms with E-state index in [-0.39, 0.29) is 17.6 Å². The molecule has 7 N–H and O–H groups in total. The van der Waals surface area contributed by atoms with Gasteiger partial charge < -0.3 is 26.3 Å². The van der Waals surface area contributed by atoms with Crippen LogP contribution in [0.4, 0.5) is 5.69 Å². The summed E-state index contributed by atoms with van der Waals surface area (Å²) in [5.41, 5.74) is 18.6.